The van der Waals surface area contributed by atoms with E-state index < -0.39 is 58.7 Å². The molecule has 1 aliphatic carbocycles. The lowest BCUT2D eigenvalue weighted by Gasteiger charge is -2.36. The topological polar surface area (TPSA) is 49.4 Å². The first-order chi connectivity index (χ1) is 11.7. The minimum Gasteiger partial charge on any atom is -0.323 e. The molecular weight excluding hydrogens is 347 g/mol. The molecule has 136 valence electrons. The van der Waals surface area contributed by atoms with Crippen LogP contribution in [-0.2, 0) is 11.3 Å². The number of halogens is 5. The van der Waals surface area contributed by atoms with E-state index >= 15 is 0 Å². The first-order valence-corrected chi connectivity index (χ1v) is 7.85. The van der Waals surface area contributed by atoms with Gasteiger partial charge in [-0.1, -0.05) is 19.8 Å². The van der Waals surface area contributed by atoms with Crippen LogP contribution in [0.3, 0.4) is 0 Å². The summed E-state index contributed by atoms with van der Waals surface area (Å²) in [6.45, 7) is 0.754. The van der Waals surface area contributed by atoms with Crippen LogP contribution in [0.4, 0.5) is 26.7 Å². The van der Waals surface area contributed by atoms with Crippen molar-refractivity contribution in [1.82, 2.24) is 10.2 Å². The van der Waals surface area contributed by atoms with Crippen molar-refractivity contribution in [2.24, 2.45) is 5.92 Å². The molecule has 1 N–H and O–H groups in total. The molecule has 4 nitrogen and oxygen atoms in total. The Kier molecular flexibility index (Phi) is 4.20. The molecule has 1 saturated heterocycles. The summed E-state index contributed by atoms with van der Waals surface area (Å²) >= 11 is 0. The number of rotatable bonds is 2. The lowest BCUT2D eigenvalue weighted by atomic mass is 9.73. The van der Waals surface area contributed by atoms with Gasteiger partial charge in [0, 0.05) is 5.56 Å². The largest absolute Gasteiger partial charge is 0.325 e. The normalized spacial score (nSPS) is 26.5. The zero-order valence-electron chi connectivity index (χ0n) is 13.3. The van der Waals surface area contributed by atoms with Crippen molar-refractivity contribution in [2.45, 2.75) is 44.7 Å². The van der Waals surface area contributed by atoms with Crippen molar-refractivity contribution in [2.75, 3.05) is 0 Å². The van der Waals surface area contributed by atoms with Crippen molar-refractivity contribution >= 4 is 11.9 Å². The maximum Gasteiger partial charge on any atom is 0.325 e. The molecule has 2 aliphatic rings. The highest BCUT2D eigenvalue weighted by Gasteiger charge is 2.55. The molecule has 0 radical (unpaired) electrons. The summed E-state index contributed by atoms with van der Waals surface area (Å²) < 4.78 is 67.4. The molecular formula is C16H15F5N2O2. The third-order valence-electron chi connectivity index (χ3n) is 5.12. The van der Waals surface area contributed by atoms with E-state index in [9.17, 15) is 31.5 Å². The summed E-state index contributed by atoms with van der Waals surface area (Å²) in [5.74, 6) is -11.5. The fourth-order valence-electron chi connectivity index (χ4n) is 3.59. The highest BCUT2D eigenvalue weighted by atomic mass is 19.2. The number of urea groups is 1. The molecule has 2 atom stereocenters. The van der Waals surface area contributed by atoms with Gasteiger partial charge in [0.2, 0.25) is 5.82 Å². The van der Waals surface area contributed by atoms with E-state index in [0.717, 1.165) is 6.42 Å². The molecule has 2 fully saturated rings. The van der Waals surface area contributed by atoms with Crippen LogP contribution in [0.5, 0.6) is 0 Å². The van der Waals surface area contributed by atoms with E-state index in [1.54, 1.807) is 6.92 Å². The number of amides is 3. The van der Waals surface area contributed by atoms with Gasteiger partial charge in [-0.3, -0.25) is 9.69 Å². The van der Waals surface area contributed by atoms with Gasteiger partial charge in [-0.25, -0.2) is 26.7 Å². The van der Waals surface area contributed by atoms with Crippen LogP contribution in [-0.4, -0.2) is 22.4 Å². The molecule has 1 aromatic carbocycles. The van der Waals surface area contributed by atoms with Gasteiger partial charge in [0.15, 0.2) is 23.3 Å². The second-order valence-corrected chi connectivity index (χ2v) is 6.49. The number of imide groups is 1. The Labute approximate surface area is 140 Å². The summed E-state index contributed by atoms with van der Waals surface area (Å²) in [7, 11) is 0. The minimum absolute atomic E-state index is 0.195. The second kappa shape index (κ2) is 5.96. The molecule has 1 aromatic rings. The fraction of sp³-hybridized carbons (Fsp3) is 0.500. The van der Waals surface area contributed by atoms with Gasteiger partial charge in [0.25, 0.3) is 5.91 Å². The lowest BCUT2D eigenvalue weighted by Crippen LogP contribution is -2.53. The molecule has 1 heterocycles. The number of benzene rings is 1. The molecule has 3 amide bonds. The maximum absolute atomic E-state index is 13.8. The van der Waals surface area contributed by atoms with Gasteiger partial charge in [-0.2, -0.15) is 0 Å². The lowest BCUT2D eigenvalue weighted by molar-refractivity contribution is -0.134. The van der Waals surface area contributed by atoms with Crippen LogP contribution in [0.2, 0.25) is 0 Å². The van der Waals surface area contributed by atoms with Gasteiger partial charge in [0.1, 0.15) is 5.54 Å². The molecule has 0 bridgehead atoms. The first kappa shape index (κ1) is 17.6. The Morgan fingerprint density at radius 1 is 1.00 bits per heavy atom. The molecule has 25 heavy (non-hydrogen) atoms. The van der Waals surface area contributed by atoms with Gasteiger partial charge < -0.3 is 5.32 Å². The van der Waals surface area contributed by atoms with Gasteiger partial charge in [-0.05, 0) is 18.8 Å². The Hall–Kier alpha value is -2.19. The van der Waals surface area contributed by atoms with Crippen molar-refractivity contribution in [1.29, 1.82) is 0 Å². The number of hydrogen-bond acceptors (Lipinski definition) is 2. The molecule has 0 aromatic heterocycles. The van der Waals surface area contributed by atoms with E-state index in [2.05, 4.69) is 5.32 Å². The van der Waals surface area contributed by atoms with E-state index in [1.807, 2.05) is 0 Å². The highest BCUT2D eigenvalue weighted by Crippen LogP contribution is 2.39. The van der Waals surface area contributed by atoms with Crippen molar-refractivity contribution in [3.05, 3.63) is 34.6 Å². The highest BCUT2D eigenvalue weighted by molar-refractivity contribution is 6.07. The first-order valence-electron chi connectivity index (χ1n) is 7.85. The second-order valence-electron chi connectivity index (χ2n) is 6.49. The minimum atomic E-state index is -2.28. The van der Waals surface area contributed by atoms with Gasteiger partial charge in [-0.15, -0.1) is 0 Å². The predicted molar refractivity (Wildman–Crippen MR) is 75.7 cm³/mol. The third-order valence-corrected chi connectivity index (χ3v) is 5.12. The van der Waals surface area contributed by atoms with Crippen molar-refractivity contribution in [3.8, 4) is 0 Å². The van der Waals surface area contributed by atoms with E-state index in [4.69, 9.17) is 0 Å². The summed E-state index contributed by atoms with van der Waals surface area (Å²) in [6, 6.07) is -0.900. The molecule has 1 spiro atoms. The number of nitrogens with one attached hydrogen (secondary N) is 1. The average molecular weight is 362 g/mol. The quantitative estimate of drug-likeness (QED) is 0.380. The Morgan fingerprint density at radius 3 is 2.12 bits per heavy atom. The Morgan fingerprint density at radius 2 is 1.56 bits per heavy atom. The zero-order valence-corrected chi connectivity index (χ0v) is 13.3. The summed E-state index contributed by atoms with van der Waals surface area (Å²) in [5, 5.41) is 2.55. The van der Waals surface area contributed by atoms with Crippen LogP contribution in [0.15, 0.2) is 0 Å². The molecule has 1 saturated carbocycles. The number of carbonyl (C=O) groups is 2. The average Bonchev–Trinajstić information content (AvgIpc) is 2.82. The smallest absolute Gasteiger partial charge is 0.323 e. The number of carbonyl (C=O) groups excluding carboxylic acids is 2. The van der Waals surface area contributed by atoms with Gasteiger partial charge in [0.05, 0.1) is 6.54 Å². The third kappa shape index (κ3) is 2.47. The van der Waals surface area contributed by atoms with Crippen molar-refractivity contribution < 1.29 is 31.5 Å². The summed E-state index contributed by atoms with van der Waals surface area (Å²) in [6.07, 6.45) is 2.62. The fourth-order valence-corrected chi connectivity index (χ4v) is 3.59. The van der Waals surface area contributed by atoms with E-state index in [-0.39, 0.29) is 5.92 Å². The molecule has 3 rings (SSSR count). The number of hydrogen-bond donors (Lipinski definition) is 1. The molecule has 1 aliphatic heterocycles. The summed E-state index contributed by atoms with van der Waals surface area (Å²) in [5.41, 5.74) is -2.39. The van der Waals surface area contributed by atoms with Crippen LogP contribution >= 0.6 is 0 Å². The maximum atomic E-state index is 13.8. The van der Waals surface area contributed by atoms with Crippen LogP contribution in [0.1, 0.15) is 38.2 Å². The Balaban J connectivity index is 1.97. The van der Waals surface area contributed by atoms with Crippen LogP contribution < -0.4 is 5.32 Å². The number of nitrogens with zero attached hydrogens (tertiary/aromatic N) is 1. The Bertz CT molecular complexity index is 740. The van der Waals surface area contributed by atoms with Crippen LogP contribution in [0.25, 0.3) is 0 Å². The van der Waals surface area contributed by atoms with Crippen LogP contribution in [0, 0.1) is 35.0 Å². The molecule has 9 heteroatoms. The monoisotopic (exact) mass is 362 g/mol. The van der Waals surface area contributed by atoms with E-state index in [1.165, 1.54) is 0 Å². The molecule has 2 unspecified atom stereocenters. The van der Waals surface area contributed by atoms with Gasteiger partial charge >= 0.3 is 6.03 Å². The predicted octanol–water partition coefficient (Wildman–Crippen LogP) is 3.38. The standard InChI is InChI=1S/C16H15F5N2O2/c1-7-4-2-3-5-16(7)14(24)23(15(25)22-16)6-8-9(17)11(19)13(21)12(20)10(8)18/h7H,2-6H2,1H3,(H,22,25). The van der Waals surface area contributed by atoms with E-state index in [0.29, 0.717) is 24.2 Å². The zero-order chi connectivity index (χ0) is 18.5. The summed E-state index contributed by atoms with van der Waals surface area (Å²) in [4.78, 5) is 25.4. The SMILES string of the molecule is CC1CCCCC12NC(=O)N(Cc1c(F)c(F)c(F)c(F)c1F)C2=O. The van der Waals surface area contributed by atoms with Crippen molar-refractivity contribution in [3.63, 3.8) is 0 Å².